The lowest BCUT2D eigenvalue weighted by atomic mass is 9.99. The zero-order chi connectivity index (χ0) is 16.4. The fourth-order valence-electron chi connectivity index (χ4n) is 3.40. The van der Waals surface area contributed by atoms with Crippen LogP contribution in [0.15, 0.2) is 40.8 Å². The number of rotatable bonds is 5. The second-order valence-electron chi connectivity index (χ2n) is 6.33. The van der Waals surface area contributed by atoms with Crippen molar-refractivity contribution in [1.82, 2.24) is 4.90 Å². The first-order chi connectivity index (χ1) is 11.8. The smallest absolute Gasteiger partial charge is 0.329 e. The molecule has 126 valence electrons. The second-order valence-corrected chi connectivity index (χ2v) is 6.33. The van der Waals surface area contributed by atoms with Crippen molar-refractivity contribution >= 4 is 5.78 Å². The number of nitrogens with zero attached hydrogens (tertiary/aromatic N) is 1. The molecule has 0 saturated carbocycles. The minimum Gasteiger partial charge on any atom is -0.483 e. The van der Waals surface area contributed by atoms with Crippen molar-refractivity contribution in [2.24, 2.45) is 0 Å². The van der Waals surface area contributed by atoms with E-state index in [1.807, 2.05) is 6.07 Å². The largest absolute Gasteiger partial charge is 0.483 e. The molecule has 1 atom stereocenters. The van der Waals surface area contributed by atoms with Gasteiger partial charge in [0.1, 0.15) is 13.2 Å². The molecular formula is C19H21NO4. The molecule has 2 aromatic rings. The average Bonchev–Trinajstić information content (AvgIpc) is 3.27. The summed E-state index contributed by atoms with van der Waals surface area (Å²) in [6.45, 7) is 3.76. The molecule has 2 aliphatic rings. The van der Waals surface area contributed by atoms with Gasteiger partial charge in [0.15, 0.2) is 11.5 Å². The van der Waals surface area contributed by atoms with E-state index in [4.69, 9.17) is 13.9 Å². The maximum atomic E-state index is 12.3. The van der Waals surface area contributed by atoms with Crippen LogP contribution in [0.25, 0.3) is 0 Å². The monoisotopic (exact) mass is 327 g/mol. The maximum Gasteiger partial charge on any atom is 0.329 e. The molecule has 0 N–H and O–H groups in total. The van der Waals surface area contributed by atoms with Gasteiger partial charge in [0.25, 0.3) is 0 Å². The Hall–Kier alpha value is -2.27. The van der Waals surface area contributed by atoms with Crippen molar-refractivity contribution in [3.8, 4) is 11.7 Å². The van der Waals surface area contributed by atoms with E-state index >= 15 is 0 Å². The van der Waals surface area contributed by atoms with Gasteiger partial charge in [-0.2, -0.15) is 0 Å². The number of furan rings is 1. The number of likely N-dealkylation sites (tertiary alicyclic amines) is 1. The Morgan fingerprint density at radius 2 is 2.00 bits per heavy atom. The van der Waals surface area contributed by atoms with E-state index in [0.717, 1.165) is 26.1 Å². The van der Waals surface area contributed by atoms with E-state index < -0.39 is 0 Å². The molecular weight excluding hydrogens is 306 g/mol. The number of benzene rings is 1. The van der Waals surface area contributed by atoms with Gasteiger partial charge in [0, 0.05) is 25.6 Å². The lowest BCUT2D eigenvalue weighted by Crippen LogP contribution is -2.23. The zero-order valence-electron chi connectivity index (χ0n) is 13.6. The summed E-state index contributed by atoms with van der Waals surface area (Å²) in [6.07, 6.45) is 1.60. The molecule has 5 heteroatoms. The minimum atomic E-state index is -0.000221. The summed E-state index contributed by atoms with van der Waals surface area (Å²) in [7, 11) is 0. The van der Waals surface area contributed by atoms with Crippen molar-refractivity contribution in [3.05, 3.63) is 47.7 Å². The van der Waals surface area contributed by atoms with E-state index in [9.17, 15) is 4.79 Å². The number of fused-ring (bicyclic) bond motifs is 1. The predicted octanol–water partition coefficient (Wildman–Crippen LogP) is 3.11. The van der Waals surface area contributed by atoms with Crippen LogP contribution in [0, 0.1) is 0 Å². The van der Waals surface area contributed by atoms with Crippen LogP contribution in [0.4, 0.5) is 0 Å². The van der Waals surface area contributed by atoms with E-state index in [1.165, 1.54) is 5.56 Å². The maximum absolute atomic E-state index is 12.3. The van der Waals surface area contributed by atoms with Crippen LogP contribution in [0.5, 0.6) is 11.7 Å². The second kappa shape index (κ2) is 6.69. The van der Waals surface area contributed by atoms with E-state index in [2.05, 4.69) is 29.2 Å². The average molecular weight is 327 g/mol. The molecule has 0 amide bonds. The number of ether oxygens (including phenoxy) is 2. The summed E-state index contributed by atoms with van der Waals surface area (Å²) in [5.41, 5.74) is 1.39. The van der Waals surface area contributed by atoms with Crippen LogP contribution in [-0.2, 0) is 0 Å². The molecule has 24 heavy (non-hydrogen) atoms. The fraction of sp³-hybridized carbons (Fsp3) is 0.421. The Kier molecular flexibility index (Phi) is 4.26. The van der Waals surface area contributed by atoms with Gasteiger partial charge in [-0.3, -0.25) is 4.79 Å². The third-order valence-electron chi connectivity index (χ3n) is 4.71. The van der Waals surface area contributed by atoms with Crippen LogP contribution in [0.2, 0.25) is 0 Å². The first-order valence-electron chi connectivity index (χ1n) is 8.49. The quantitative estimate of drug-likeness (QED) is 0.790. The summed E-state index contributed by atoms with van der Waals surface area (Å²) < 4.78 is 16.2. The lowest BCUT2D eigenvalue weighted by Gasteiger charge is -2.15. The van der Waals surface area contributed by atoms with Gasteiger partial charge in [-0.15, -0.1) is 0 Å². The van der Waals surface area contributed by atoms with Gasteiger partial charge >= 0.3 is 5.95 Å². The van der Waals surface area contributed by atoms with Gasteiger partial charge in [-0.05, 0) is 24.4 Å². The summed E-state index contributed by atoms with van der Waals surface area (Å²) >= 11 is 0. The van der Waals surface area contributed by atoms with Gasteiger partial charge in [-0.25, -0.2) is 0 Å². The van der Waals surface area contributed by atoms with Crippen LogP contribution in [0.1, 0.15) is 34.9 Å². The van der Waals surface area contributed by atoms with Crippen LogP contribution in [-0.4, -0.2) is 43.5 Å². The molecule has 1 unspecified atom stereocenters. The molecule has 1 aromatic carbocycles. The highest BCUT2D eigenvalue weighted by molar-refractivity contribution is 5.94. The normalized spacial score (nSPS) is 20.2. The molecule has 0 bridgehead atoms. The van der Waals surface area contributed by atoms with Gasteiger partial charge < -0.3 is 18.8 Å². The van der Waals surface area contributed by atoms with Gasteiger partial charge in [0.2, 0.25) is 5.75 Å². The molecule has 5 nitrogen and oxygen atoms in total. The number of hydrogen-bond donors (Lipinski definition) is 0. The number of hydrogen-bond acceptors (Lipinski definition) is 5. The molecule has 0 spiro atoms. The zero-order valence-corrected chi connectivity index (χ0v) is 13.6. The fourth-order valence-corrected chi connectivity index (χ4v) is 3.40. The van der Waals surface area contributed by atoms with E-state index in [1.54, 1.807) is 6.07 Å². The Labute approximate surface area is 141 Å². The summed E-state index contributed by atoms with van der Waals surface area (Å²) in [5.74, 6) is 1.77. The molecule has 3 heterocycles. The van der Waals surface area contributed by atoms with Crippen molar-refractivity contribution in [3.63, 3.8) is 0 Å². The summed E-state index contributed by atoms with van der Waals surface area (Å²) in [6, 6.07) is 12.2. The first kappa shape index (κ1) is 15.3. The van der Waals surface area contributed by atoms with Crippen LogP contribution >= 0.6 is 0 Å². The van der Waals surface area contributed by atoms with E-state index in [0.29, 0.717) is 43.0 Å². The number of carbonyl (C=O) groups excluding carboxylic acids is 1. The number of carbonyl (C=O) groups is 1. The molecule has 0 radical (unpaired) electrons. The van der Waals surface area contributed by atoms with Gasteiger partial charge in [0.05, 0.1) is 0 Å². The molecule has 0 aliphatic carbocycles. The Morgan fingerprint density at radius 3 is 2.83 bits per heavy atom. The Bertz CT molecular complexity index is 686. The summed E-state index contributed by atoms with van der Waals surface area (Å²) in [5, 5.41) is 0. The standard InChI is InChI=1S/C19H21NO4/c21-16(17-12-18-19(24-17)23-11-10-22-18)7-9-20-8-6-15(13-20)14-4-2-1-3-5-14/h1-5,12,15H,6-11,13H2. The molecule has 1 saturated heterocycles. The lowest BCUT2D eigenvalue weighted by molar-refractivity contribution is 0.0923. The highest BCUT2D eigenvalue weighted by atomic mass is 16.6. The highest BCUT2D eigenvalue weighted by Gasteiger charge is 2.26. The molecule has 4 rings (SSSR count). The van der Waals surface area contributed by atoms with Crippen molar-refractivity contribution in [2.75, 3.05) is 32.8 Å². The minimum absolute atomic E-state index is 0.000221. The van der Waals surface area contributed by atoms with Crippen LogP contribution in [0.3, 0.4) is 0 Å². The van der Waals surface area contributed by atoms with Crippen LogP contribution < -0.4 is 9.47 Å². The number of Topliss-reactive ketones (excluding diaryl/α,β-unsaturated/α-hetero) is 1. The SMILES string of the molecule is O=C(CCN1CCC(c2ccccc2)C1)c1cc2c(o1)OCCO2. The number of ketones is 1. The Balaban J connectivity index is 1.31. The van der Waals surface area contributed by atoms with Crippen molar-refractivity contribution < 1.29 is 18.7 Å². The molecule has 1 aromatic heterocycles. The topological polar surface area (TPSA) is 51.9 Å². The van der Waals surface area contributed by atoms with Crippen molar-refractivity contribution in [2.45, 2.75) is 18.8 Å². The third-order valence-corrected chi connectivity index (χ3v) is 4.71. The summed E-state index contributed by atoms with van der Waals surface area (Å²) in [4.78, 5) is 14.7. The first-order valence-corrected chi connectivity index (χ1v) is 8.49. The van der Waals surface area contributed by atoms with Gasteiger partial charge in [-0.1, -0.05) is 30.3 Å². The molecule has 2 aliphatic heterocycles. The van der Waals surface area contributed by atoms with Crippen molar-refractivity contribution in [1.29, 1.82) is 0 Å². The van der Waals surface area contributed by atoms with E-state index in [-0.39, 0.29) is 5.78 Å². The third kappa shape index (κ3) is 3.17. The Morgan fingerprint density at radius 1 is 1.17 bits per heavy atom. The predicted molar refractivity (Wildman–Crippen MR) is 88.9 cm³/mol. The molecule has 1 fully saturated rings. The highest BCUT2D eigenvalue weighted by Crippen LogP contribution is 2.34.